The summed E-state index contributed by atoms with van der Waals surface area (Å²) in [6.45, 7) is 5.27. The summed E-state index contributed by atoms with van der Waals surface area (Å²) >= 11 is 0. The van der Waals surface area contributed by atoms with Crippen LogP contribution in [0, 0.1) is 0 Å². The number of piperazine rings is 1. The van der Waals surface area contributed by atoms with Gasteiger partial charge in [0.25, 0.3) is 0 Å². The molecule has 0 unspecified atom stereocenters. The molecule has 2 heterocycles. The van der Waals surface area contributed by atoms with Crippen molar-refractivity contribution in [1.82, 2.24) is 14.9 Å². The van der Waals surface area contributed by atoms with Crippen LogP contribution in [0.2, 0.25) is 0 Å². The van der Waals surface area contributed by atoms with Gasteiger partial charge in [0, 0.05) is 57.6 Å². The molecule has 2 fully saturated rings. The smallest absolute Gasteiger partial charge is 0.339 e. The van der Waals surface area contributed by atoms with Gasteiger partial charge in [-0.3, -0.25) is 14.6 Å². The fraction of sp³-hybridized carbons (Fsp3) is 0.417. The summed E-state index contributed by atoms with van der Waals surface area (Å²) in [7, 11) is -2.30. The van der Waals surface area contributed by atoms with E-state index in [1.807, 2.05) is 12.1 Å². The van der Waals surface area contributed by atoms with Crippen LogP contribution in [0.4, 0.5) is 11.6 Å². The lowest BCUT2D eigenvalue weighted by Crippen LogP contribution is -2.47. The van der Waals surface area contributed by atoms with E-state index in [-0.39, 0.29) is 16.7 Å². The van der Waals surface area contributed by atoms with Crippen LogP contribution in [0.3, 0.4) is 0 Å². The highest BCUT2D eigenvalue weighted by atomic mass is 32.2. The minimum Gasteiger partial charge on any atom is -0.383 e. The summed E-state index contributed by atoms with van der Waals surface area (Å²) in [6, 6.07) is 11.8. The second kappa shape index (κ2) is 9.84. The predicted molar refractivity (Wildman–Crippen MR) is 132 cm³/mol. The van der Waals surface area contributed by atoms with Gasteiger partial charge in [0.1, 0.15) is 10.6 Å². The SMILES string of the molecule is COCCN1CCN(c2ccc(S(=O)(=O)Oc3ccc4nc(N(C=O)C5CC5)[nH]c4c3)cc2)CC1. The zero-order valence-corrected chi connectivity index (χ0v) is 20.4. The first-order chi connectivity index (χ1) is 17.0. The van der Waals surface area contributed by atoms with Crippen molar-refractivity contribution in [3.63, 3.8) is 0 Å². The Balaban J connectivity index is 1.25. The Labute approximate surface area is 204 Å². The Morgan fingerprint density at radius 3 is 2.51 bits per heavy atom. The Morgan fingerprint density at radius 1 is 1.11 bits per heavy atom. The van der Waals surface area contributed by atoms with Crippen molar-refractivity contribution in [3.8, 4) is 5.75 Å². The zero-order valence-electron chi connectivity index (χ0n) is 19.6. The molecule has 186 valence electrons. The van der Waals surface area contributed by atoms with Crippen molar-refractivity contribution in [3.05, 3.63) is 42.5 Å². The number of H-pyrrole nitrogens is 1. The molecular formula is C24H29N5O5S. The Bertz CT molecular complexity index is 1280. The van der Waals surface area contributed by atoms with Gasteiger partial charge in [-0.1, -0.05) is 0 Å². The van der Waals surface area contributed by atoms with Gasteiger partial charge in [-0.15, -0.1) is 0 Å². The van der Waals surface area contributed by atoms with E-state index in [0.29, 0.717) is 17.0 Å². The van der Waals surface area contributed by atoms with Crippen LogP contribution in [0.25, 0.3) is 11.0 Å². The number of aromatic nitrogens is 2. The van der Waals surface area contributed by atoms with Gasteiger partial charge in [0.05, 0.1) is 17.6 Å². The molecule has 1 amide bonds. The van der Waals surface area contributed by atoms with Gasteiger partial charge in [0.2, 0.25) is 12.4 Å². The normalized spacial score (nSPS) is 17.0. The Hall–Kier alpha value is -3.15. The maximum atomic E-state index is 12.9. The first-order valence-corrected chi connectivity index (χ1v) is 13.1. The van der Waals surface area contributed by atoms with Crippen LogP contribution in [0.1, 0.15) is 12.8 Å². The number of nitrogens with zero attached hydrogens (tertiary/aromatic N) is 4. The number of imidazole rings is 1. The number of amides is 1. The van der Waals surface area contributed by atoms with Crippen molar-refractivity contribution in [2.45, 2.75) is 23.8 Å². The Morgan fingerprint density at radius 2 is 1.86 bits per heavy atom. The van der Waals surface area contributed by atoms with Crippen LogP contribution in [0.5, 0.6) is 5.75 Å². The van der Waals surface area contributed by atoms with E-state index >= 15 is 0 Å². The lowest BCUT2D eigenvalue weighted by molar-refractivity contribution is -0.107. The molecule has 1 saturated carbocycles. The van der Waals surface area contributed by atoms with Crippen LogP contribution in [0.15, 0.2) is 47.4 Å². The topological polar surface area (TPSA) is 108 Å². The van der Waals surface area contributed by atoms with E-state index in [2.05, 4.69) is 19.8 Å². The molecule has 0 bridgehead atoms. The molecule has 1 aromatic heterocycles. The second-order valence-corrected chi connectivity index (χ2v) is 10.4. The molecule has 1 aliphatic carbocycles. The average molecular weight is 500 g/mol. The third-order valence-electron chi connectivity index (χ3n) is 6.42. The van der Waals surface area contributed by atoms with Gasteiger partial charge in [-0.2, -0.15) is 8.42 Å². The number of nitrogens with one attached hydrogen (secondary N) is 1. The number of benzene rings is 2. The largest absolute Gasteiger partial charge is 0.383 e. The summed E-state index contributed by atoms with van der Waals surface area (Å²) in [6.07, 6.45) is 2.67. The maximum absolute atomic E-state index is 12.9. The molecule has 0 radical (unpaired) electrons. The van der Waals surface area contributed by atoms with Crippen LogP contribution >= 0.6 is 0 Å². The standard InChI is InChI=1S/C24H29N5O5S/c1-33-15-14-27-10-12-28(13-11-27)18-4-7-21(8-5-18)35(31,32)34-20-6-9-22-23(16-20)26-24(25-22)29(17-30)19-2-3-19/h4-9,16-17,19H,2-3,10-15H2,1H3,(H,25,26). The first kappa shape index (κ1) is 23.6. The molecule has 35 heavy (non-hydrogen) atoms. The Kier molecular flexibility index (Phi) is 6.63. The molecule has 0 spiro atoms. The minimum absolute atomic E-state index is 0.0891. The molecule has 1 N–H and O–H groups in total. The van der Waals surface area contributed by atoms with Gasteiger partial charge >= 0.3 is 10.1 Å². The number of rotatable bonds is 10. The van der Waals surface area contributed by atoms with E-state index in [1.54, 1.807) is 42.3 Å². The number of hydrogen-bond donors (Lipinski definition) is 1. The monoisotopic (exact) mass is 499 g/mol. The molecule has 2 aliphatic rings. The third kappa shape index (κ3) is 5.26. The average Bonchev–Trinajstić information content (AvgIpc) is 3.61. The van der Waals surface area contributed by atoms with Crippen LogP contribution < -0.4 is 14.0 Å². The lowest BCUT2D eigenvalue weighted by atomic mass is 10.2. The van der Waals surface area contributed by atoms with Gasteiger partial charge in [-0.25, -0.2) is 4.98 Å². The van der Waals surface area contributed by atoms with E-state index < -0.39 is 10.1 Å². The maximum Gasteiger partial charge on any atom is 0.339 e. The third-order valence-corrected chi connectivity index (χ3v) is 7.68. The van der Waals surface area contributed by atoms with Crippen molar-refractivity contribution in [1.29, 1.82) is 0 Å². The molecule has 0 atom stereocenters. The molecular weight excluding hydrogens is 470 g/mol. The van der Waals surface area contributed by atoms with Crippen molar-refractivity contribution < 1.29 is 22.1 Å². The number of methoxy groups -OCH3 is 1. The highest BCUT2D eigenvalue weighted by molar-refractivity contribution is 7.87. The van der Waals surface area contributed by atoms with Gasteiger partial charge in [-0.05, 0) is 49.2 Å². The quantitative estimate of drug-likeness (QED) is 0.334. The summed E-state index contributed by atoms with van der Waals surface area (Å²) in [5, 5.41) is 0. The van der Waals surface area contributed by atoms with Gasteiger partial charge < -0.3 is 18.8 Å². The van der Waals surface area contributed by atoms with Crippen molar-refractivity contribution >= 4 is 39.2 Å². The minimum atomic E-state index is -4.01. The number of carbonyl (C=O) groups is 1. The molecule has 3 aromatic rings. The number of ether oxygens (including phenoxy) is 1. The van der Waals surface area contributed by atoms with Crippen LogP contribution in [-0.4, -0.2) is 82.2 Å². The van der Waals surface area contributed by atoms with E-state index in [4.69, 9.17) is 8.92 Å². The van der Waals surface area contributed by atoms with Gasteiger partial charge in [0.15, 0.2) is 0 Å². The molecule has 1 saturated heterocycles. The predicted octanol–water partition coefficient (Wildman–Crippen LogP) is 2.22. The summed E-state index contributed by atoms with van der Waals surface area (Å²) in [5.74, 6) is 0.626. The fourth-order valence-electron chi connectivity index (χ4n) is 4.26. The number of anilines is 2. The molecule has 5 rings (SSSR count). The molecule has 2 aromatic carbocycles. The highest BCUT2D eigenvalue weighted by Crippen LogP contribution is 2.31. The molecule has 1 aliphatic heterocycles. The lowest BCUT2D eigenvalue weighted by Gasteiger charge is -2.36. The molecule has 11 heteroatoms. The zero-order chi connectivity index (χ0) is 24.4. The molecule has 10 nitrogen and oxygen atoms in total. The second-order valence-electron chi connectivity index (χ2n) is 8.84. The summed E-state index contributed by atoms with van der Waals surface area (Å²) in [4.78, 5) is 25.2. The van der Waals surface area contributed by atoms with E-state index in [9.17, 15) is 13.2 Å². The van der Waals surface area contributed by atoms with E-state index in [1.165, 1.54) is 0 Å². The number of fused-ring (bicyclic) bond motifs is 1. The summed E-state index contributed by atoms with van der Waals surface area (Å²) < 4.78 is 36.3. The summed E-state index contributed by atoms with van der Waals surface area (Å²) in [5.41, 5.74) is 2.21. The number of hydrogen-bond acceptors (Lipinski definition) is 8. The van der Waals surface area contributed by atoms with E-state index in [0.717, 1.165) is 64.3 Å². The highest BCUT2D eigenvalue weighted by Gasteiger charge is 2.31. The van der Waals surface area contributed by atoms with Crippen molar-refractivity contribution in [2.75, 3.05) is 56.2 Å². The number of carbonyl (C=O) groups excluding carboxylic acids is 1. The van der Waals surface area contributed by atoms with Crippen LogP contribution in [-0.2, 0) is 19.6 Å². The first-order valence-electron chi connectivity index (χ1n) is 11.7. The van der Waals surface area contributed by atoms with Crippen molar-refractivity contribution in [2.24, 2.45) is 0 Å². The fourth-order valence-corrected chi connectivity index (χ4v) is 5.18. The number of aromatic amines is 1.